The molecule has 5 rings (SSSR count). The molecular weight excluding hydrogens is 1700 g/mol. The van der Waals surface area contributed by atoms with E-state index < -0.39 is 317 Å². The third-order valence-corrected chi connectivity index (χ3v) is 20.7. The minimum Gasteiger partial charge on any atom is -0.481 e. The number of carbonyl (C=O) groups is 22. The van der Waals surface area contributed by atoms with Crippen LogP contribution in [0.4, 0.5) is 0 Å². The lowest BCUT2D eigenvalue weighted by Gasteiger charge is -2.32. The fourth-order valence-electron chi connectivity index (χ4n) is 14.2. The van der Waals surface area contributed by atoms with Gasteiger partial charge in [0.15, 0.2) is 5.96 Å². The van der Waals surface area contributed by atoms with Gasteiger partial charge in [-0.1, -0.05) is 62.4 Å². The molecule has 14 atom stereocenters. The van der Waals surface area contributed by atoms with E-state index in [0.717, 1.165) is 9.80 Å². The molecule has 49 heteroatoms. The predicted molar refractivity (Wildman–Crippen MR) is 447 cm³/mol. The highest BCUT2D eigenvalue weighted by Gasteiger charge is 2.44. The summed E-state index contributed by atoms with van der Waals surface area (Å²) in [6.45, 7) is 3.06. The van der Waals surface area contributed by atoms with E-state index in [1.165, 1.54) is 6.20 Å². The molecule has 30 N–H and O–H groups in total. The number of amides is 16. The topological polar surface area (TPSA) is 818 Å². The molecule has 0 aliphatic carbocycles. The Bertz CT molecular complexity index is 4600. The van der Waals surface area contributed by atoms with Crippen LogP contribution in [0.5, 0.6) is 0 Å². The first-order chi connectivity index (χ1) is 60.8. The van der Waals surface area contributed by atoms with Crippen LogP contribution in [0.3, 0.4) is 0 Å². The summed E-state index contributed by atoms with van der Waals surface area (Å²) in [6, 6.07) is -9.91. The van der Waals surface area contributed by atoms with Gasteiger partial charge < -0.3 is 138 Å². The van der Waals surface area contributed by atoms with Crippen LogP contribution in [-0.2, 0) is 118 Å². The van der Waals surface area contributed by atoms with E-state index in [0.29, 0.717) is 22.0 Å². The smallest absolute Gasteiger partial charge is 0.326 e. The van der Waals surface area contributed by atoms with Crippen LogP contribution in [0.2, 0.25) is 0 Å². The van der Waals surface area contributed by atoms with Crippen LogP contribution in [-0.4, -0.2) is 286 Å². The lowest BCUT2D eigenvalue weighted by atomic mass is 10.00. The van der Waals surface area contributed by atoms with Gasteiger partial charge in [0, 0.05) is 88.1 Å². The fraction of sp³-hybridized carbons (Fsp3) is 0.537. The van der Waals surface area contributed by atoms with Gasteiger partial charge in [0.25, 0.3) is 0 Å². The van der Waals surface area contributed by atoms with Crippen LogP contribution < -0.4 is 92.5 Å². The van der Waals surface area contributed by atoms with E-state index in [1.54, 1.807) is 68.4 Å². The van der Waals surface area contributed by atoms with Crippen molar-refractivity contribution in [2.75, 3.05) is 19.6 Å². The molecule has 2 saturated heterocycles. The lowest BCUT2D eigenvalue weighted by molar-refractivity contribution is -0.144. The Morgan fingerprint density at radius 2 is 0.767 bits per heavy atom. The number of aromatic amines is 1. The Balaban J connectivity index is 1.41. The van der Waals surface area contributed by atoms with Crippen LogP contribution >= 0.6 is 0 Å². The Labute approximate surface area is 736 Å². The molecule has 49 nitrogen and oxygen atoms in total. The van der Waals surface area contributed by atoms with E-state index in [4.69, 9.17) is 39.2 Å². The van der Waals surface area contributed by atoms with Gasteiger partial charge in [0.1, 0.15) is 78.5 Å². The molecule has 16 amide bonds. The molecule has 3 heterocycles. The maximum absolute atomic E-state index is 15.1. The van der Waals surface area contributed by atoms with Crippen LogP contribution in [0.25, 0.3) is 10.9 Å². The van der Waals surface area contributed by atoms with Gasteiger partial charge in [-0.05, 0) is 107 Å². The molecule has 706 valence electrons. The second-order valence-electron chi connectivity index (χ2n) is 31.4. The van der Waals surface area contributed by atoms with E-state index in [-0.39, 0.29) is 77.4 Å². The molecule has 0 radical (unpaired) electrons. The maximum atomic E-state index is 15.1. The summed E-state index contributed by atoms with van der Waals surface area (Å²) in [5.74, 6) is -28.4. The van der Waals surface area contributed by atoms with E-state index in [1.807, 2.05) is 0 Å². The number of guanidine groups is 1. The zero-order valence-corrected chi connectivity index (χ0v) is 70.8. The summed E-state index contributed by atoms with van der Waals surface area (Å²) in [4.78, 5) is 301. The molecule has 3 aromatic rings. The van der Waals surface area contributed by atoms with Gasteiger partial charge in [0.2, 0.25) is 94.5 Å². The number of primary amides is 3. The Hall–Kier alpha value is -14.5. The van der Waals surface area contributed by atoms with Crippen molar-refractivity contribution in [3.8, 4) is 0 Å². The van der Waals surface area contributed by atoms with Crippen LogP contribution in [0.15, 0.2) is 60.8 Å². The first kappa shape index (κ1) is 105. The number of nitrogens with two attached hydrogens (primary N) is 5. The number of aromatic nitrogens is 1. The fourth-order valence-corrected chi connectivity index (χ4v) is 14.2. The number of hydrogen-bond acceptors (Lipinski definition) is 24. The van der Waals surface area contributed by atoms with Crippen molar-refractivity contribution in [1.82, 2.24) is 78.6 Å². The van der Waals surface area contributed by atoms with Crippen molar-refractivity contribution < 1.29 is 136 Å². The molecule has 0 spiro atoms. The number of rotatable bonds is 57. The van der Waals surface area contributed by atoms with E-state index >= 15 is 4.79 Å². The average molecular weight is 1820 g/mol. The first-order valence-corrected chi connectivity index (χ1v) is 41.4. The van der Waals surface area contributed by atoms with Gasteiger partial charge in [0.05, 0.1) is 18.9 Å². The molecule has 129 heavy (non-hydrogen) atoms. The van der Waals surface area contributed by atoms with Crippen molar-refractivity contribution in [2.24, 2.45) is 34.6 Å². The number of carboxylic acid groups (broad SMARTS) is 6. The highest BCUT2D eigenvalue weighted by Crippen LogP contribution is 2.25. The number of nitrogens with zero attached hydrogens (tertiary/aromatic N) is 2. The highest BCUT2D eigenvalue weighted by molar-refractivity contribution is 6.02. The van der Waals surface area contributed by atoms with Gasteiger partial charge in [-0.15, -0.1) is 0 Å². The Morgan fingerprint density at radius 1 is 0.411 bits per heavy atom. The summed E-state index contributed by atoms with van der Waals surface area (Å²) in [6.07, 6.45) is -9.95. The number of nitrogens with one attached hydrogen (secondary N) is 14. The number of fused-ring (bicyclic) bond motifs is 1. The van der Waals surface area contributed by atoms with Crippen molar-refractivity contribution in [3.05, 3.63) is 71.9 Å². The molecule has 1 aromatic heterocycles. The number of benzene rings is 2. The summed E-state index contributed by atoms with van der Waals surface area (Å²) >= 11 is 0. The van der Waals surface area contributed by atoms with Crippen molar-refractivity contribution in [3.63, 3.8) is 0 Å². The molecule has 2 aliphatic rings. The number of carbonyl (C=O) groups excluding carboxylic acids is 16. The number of aliphatic carboxylic acids is 6. The minimum absolute atomic E-state index is 0.0102. The molecule has 2 aromatic carbocycles. The third-order valence-electron chi connectivity index (χ3n) is 20.7. The molecule has 0 bridgehead atoms. The van der Waals surface area contributed by atoms with Crippen LogP contribution in [0.1, 0.15) is 160 Å². The van der Waals surface area contributed by atoms with Gasteiger partial charge in [-0.2, -0.15) is 0 Å². The Kier molecular flexibility index (Phi) is 42.2. The number of likely N-dealkylation sites (tertiary alicyclic amines) is 2. The van der Waals surface area contributed by atoms with Crippen molar-refractivity contribution >= 4 is 147 Å². The van der Waals surface area contributed by atoms with Gasteiger partial charge in [-0.3, -0.25) is 106 Å². The normalized spacial score (nSPS) is 16.2. The zero-order valence-electron chi connectivity index (χ0n) is 70.8. The summed E-state index contributed by atoms with van der Waals surface area (Å²) in [7, 11) is 0. The van der Waals surface area contributed by atoms with E-state index in [9.17, 15) is 126 Å². The molecule has 2 fully saturated rings. The van der Waals surface area contributed by atoms with Gasteiger partial charge >= 0.3 is 35.8 Å². The lowest BCUT2D eigenvalue weighted by Crippen LogP contribution is -2.61. The minimum atomic E-state index is -2.17. The highest BCUT2D eigenvalue weighted by atomic mass is 16.4. The third kappa shape index (κ3) is 35.8. The largest absolute Gasteiger partial charge is 0.481 e. The van der Waals surface area contributed by atoms with E-state index in [2.05, 4.69) is 68.8 Å². The predicted octanol–water partition coefficient (Wildman–Crippen LogP) is -6.67. The SMILES string of the molecule is CC(C)C[C@H](NC(=O)[C@H](CCCNC(=N)N)NC(=O)[C@H](Cc1ccccc1)NC(=O)[C@H](CCC(N)=O)NC(=O)[C@H](CCC(=O)O)NC(=O)[C@@H]1CCCN1C(=O)[C@@H](N)CCC(=O)O)C(=O)N1CCC[C@H]1C(=O)N[C@@H](CCC(=O)O)C(=O)N[C@@H](CCC(=O)O)C(=O)N[C@@H](CC(N)=O)C(=O)N[C@@H](CCC(=O)O)C(=O)N[C@@H](Cc1c[nH]c2ccccc12)C(=O)N[C@@H](CC(N)=O)C(=O)O. The second-order valence-corrected chi connectivity index (χ2v) is 31.4. The molecule has 0 unspecified atom stereocenters. The zero-order chi connectivity index (χ0) is 96.1. The monoisotopic (exact) mass is 1820 g/mol. The molecular formula is C80H113N21O28. The standard InChI is InChI=1S/C80H113N21O28/c1-39(2)33-54(98-66(115)45(15-8-30-87-80(85)86)89-72(121)51(34-40-11-4-3-5-12-40)95-69(118)46(19-24-58(82)102)90-67(116)49(22-28-64(111)112)93-75(124)56-16-9-31-100(56)77(126)43(81)18-25-61(105)106)78(127)101-32-10-17-57(101)76(125)94-50(23-29-65(113)114)68(117)91-47(20-26-62(107)108)71(120)97-53(36-59(83)103)74(123)92-48(21-27-63(109)110)70(119)96-52(73(122)99-55(79(128)129)37-60(84)104)35-41-38-88-44-14-7-6-13-42(41)44/h3-7,11-14,38-39,43,45-57,88H,8-10,15-37,81H2,1-2H3,(H2,82,102)(H2,83,103)(H2,84,104)(H,89,121)(H,90,116)(H,91,117)(H,92,123)(H,93,124)(H,94,125)(H,95,118)(H,96,119)(H,97,120)(H,98,115)(H,99,122)(H,105,106)(H,107,108)(H,109,110)(H,111,112)(H,113,114)(H,128,129)(H4,85,86,87)/t43-,45-,46-,47-,48-,49-,50-,51-,52-,53-,54-,55-,56-,57-/m0/s1. The first-order valence-electron chi connectivity index (χ1n) is 41.4. The van der Waals surface area contributed by atoms with Crippen LogP contribution in [0, 0.1) is 11.3 Å². The quantitative estimate of drug-likeness (QED) is 0.0142. The average Bonchev–Trinajstić information content (AvgIpc) is 1.57. The number of hydrogen-bond donors (Lipinski definition) is 25. The number of carboxylic acids is 6. The maximum Gasteiger partial charge on any atom is 0.326 e. The summed E-state index contributed by atoms with van der Waals surface area (Å²) < 4.78 is 0. The van der Waals surface area contributed by atoms with Crippen molar-refractivity contribution in [2.45, 2.75) is 246 Å². The Morgan fingerprint density at radius 3 is 1.19 bits per heavy atom. The second kappa shape index (κ2) is 51.9. The molecule has 2 aliphatic heterocycles. The van der Waals surface area contributed by atoms with Gasteiger partial charge in [-0.25, -0.2) is 4.79 Å². The van der Waals surface area contributed by atoms with Crippen molar-refractivity contribution in [1.29, 1.82) is 5.41 Å². The summed E-state index contributed by atoms with van der Waals surface area (Å²) in [5, 5.41) is 94.9. The number of H-pyrrole nitrogens is 1. The number of para-hydroxylation sites is 1. The molecule has 0 saturated carbocycles. The summed E-state index contributed by atoms with van der Waals surface area (Å²) in [5.41, 5.74) is 29.1.